The van der Waals surface area contributed by atoms with Crippen LogP contribution in [0.15, 0.2) is 9.59 Å². The van der Waals surface area contributed by atoms with Crippen molar-refractivity contribution in [3.05, 3.63) is 20.8 Å². The van der Waals surface area contributed by atoms with Gasteiger partial charge < -0.3 is 15.6 Å². The van der Waals surface area contributed by atoms with Crippen molar-refractivity contribution in [2.75, 3.05) is 18.4 Å². The number of nitrogens with zero attached hydrogens (tertiary/aromatic N) is 4. The summed E-state index contributed by atoms with van der Waals surface area (Å²) >= 11 is 0. The van der Waals surface area contributed by atoms with Crippen LogP contribution in [0.2, 0.25) is 0 Å². The average molecular weight is 294 g/mol. The first-order valence-electron chi connectivity index (χ1n) is 7.13. The van der Waals surface area contributed by atoms with Gasteiger partial charge in [0.15, 0.2) is 11.2 Å². The van der Waals surface area contributed by atoms with E-state index in [1.165, 1.54) is 11.6 Å². The second kappa shape index (κ2) is 6.13. The summed E-state index contributed by atoms with van der Waals surface area (Å²) in [6.45, 7) is 3.95. The highest BCUT2D eigenvalue weighted by atomic mass is 16.2. The number of nitrogens with two attached hydrogens (primary N) is 1. The topological polar surface area (TPSA) is 99.9 Å². The van der Waals surface area contributed by atoms with Crippen LogP contribution >= 0.6 is 0 Å². The molecule has 2 aromatic heterocycles. The Bertz CT molecular complexity index is 755. The molecule has 0 aliphatic heterocycles. The van der Waals surface area contributed by atoms with E-state index >= 15 is 0 Å². The van der Waals surface area contributed by atoms with Crippen LogP contribution in [0.5, 0.6) is 0 Å². The summed E-state index contributed by atoms with van der Waals surface area (Å²) in [5.41, 5.74) is 5.66. The second-order valence-corrected chi connectivity index (χ2v) is 5.03. The van der Waals surface area contributed by atoms with E-state index in [2.05, 4.69) is 10.3 Å². The minimum absolute atomic E-state index is 0.319. The van der Waals surface area contributed by atoms with Crippen molar-refractivity contribution < 1.29 is 0 Å². The largest absolute Gasteiger partial charge is 0.356 e. The highest BCUT2D eigenvalue weighted by Crippen LogP contribution is 2.15. The number of anilines is 1. The zero-order valence-electron chi connectivity index (χ0n) is 12.7. The summed E-state index contributed by atoms with van der Waals surface area (Å²) in [5, 5.41) is 3.19. The van der Waals surface area contributed by atoms with E-state index in [1.807, 2.05) is 11.5 Å². The summed E-state index contributed by atoms with van der Waals surface area (Å²) in [7, 11) is 3.10. The van der Waals surface area contributed by atoms with E-state index in [9.17, 15) is 9.59 Å². The first-order valence-corrected chi connectivity index (χ1v) is 7.13. The third-order valence-corrected chi connectivity index (χ3v) is 3.46. The minimum Gasteiger partial charge on any atom is -0.356 e. The summed E-state index contributed by atoms with van der Waals surface area (Å²) in [6.07, 6.45) is 1.68. The highest BCUT2D eigenvalue weighted by molar-refractivity contribution is 5.74. The van der Waals surface area contributed by atoms with Crippen molar-refractivity contribution in [3.8, 4) is 0 Å². The molecular formula is C13H22N6O2. The Morgan fingerprint density at radius 2 is 1.95 bits per heavy atom. The normalized spacial score (nSPS) is 11.2. The van der Waals surface area contributed by atoms with Crippen molar-refractivity contribution >= 4 is 17.1 Å². The Labute approximate surface area is 122 Å². The van der Waals surface area contributed by atoms with Gasteiger partial charge in [0, 0.05) is 27.2 Å². The highest BCUT2D eigenvalue weighted by Gasteiger charge is 2.18. The van der Waals surface area contributed by atoms with Gasteiger partial charge in [-0.3, -0.25) is 13.9 Å². The molecule has 0 fully saturated rings. The fraction of sp³-hybridized carbons (Fsp3) is 0.615. The van der Waals surface area contributed by atoms with E-state index in [-0.39, 0.29) is 11.2 Å². The molecule has 8 nitrogen and oxygen atoms in total. The predicted octanol–water partition coefficient (Wildman–Crippen LogP) is -0.396. The van der Waals surface area contributed by atoms with Gasteiger partial charge in [0.05, 0.1) is 0 Å². The first-order chi connectivity index (χ1) is 10.0. The molecule has 0 unspecified atom stereocenters. The SMILES string of the molecule is CCCn1c(NCCCN)nc2c1c(=O)n(C)c(=O)n2C. The van der Waals surface area contributed by atoms with Gasteiger partial charge in [-0.2, -0.15) is 4.98 Å². The molecule has 0 aliphatic carbocycles. The quantitative estimate of drug-likeness (QED) is 0.706. The van der Waals surface area contributed by atoms with Gasteiger partial charge in [-0.05, 0) is 19.4 Å². The Hall–Kier alpha value is -2.09. The zero-order chi connectivity index (χ0) is 15.6. The molecule has 0 aliphatic rings. The lowest BCUT2D eigenvalue weighted by Crippen LogP contribution is -2.37. The standard InChI is InChI=1S/C13H22N6O2/c1-4-8-19-9-10(16-12(19)15-7-5-6-14)17(2)13(21)18(3)11(9)20/h4-8,14H2,1-3H3,(H,15,16). The number of hydrogen-bond donors (Lipinski definition) is 2. The molecule has 0 saturated heterocycles. The van der Waals surface area contributed by atoms with Crippen molar-refractivity contribution in [1.29, 1.82) is 0 Å². The monoisotopic (exact) mass is 294 g/mol. The number of hydrogen-bond acceptors (Lipinski definition) is 5. The number of nitrogens with one attached hydrogen (secondary N) is 1. The molecule has 0 bridgehead atoms. The van der Waals surface area contributed by atoms with Crippen LogP contribution < -0.4 is 22.3 Å². The van der Waals surface area contributed by atoms with Crippen LogP contribution in [-0.2, 0) is 20.6 Å². The van der Waals surface area contributed by atoms with Gasteiger partial charge in [-0.1, -0.05) is 6.92 Å². The number of aromatic nitrogens is 4. The van der Waals surface area contributed by atoms with E-state index in [0.717, 1.165) is 17.4 Å². The molecule has 2 heterocycles. The molecule has 3 N–H and O–H groups in total. The van der Waals surface area contributed by atoms with Crippen LogP contribution in [0.25, 0.3) is 11.2 Å². The van der Waals surface area contributed by atoms with Crippen LogP contribution in [0.4, 0.5) is 5.95 Å². The molecule has 2 rings (SSSR count). The number of aryl methyl sites for hydroxylation is 2. The van der Waals surface area contributed by atoms with Gasteiger partial charge in [0.25, 0.3) is 5.56 Å². The lowest BCUT2D eigenvalue weighted by atomic mass is 10.4. The molecule has 0 atom stereocenters. The van der Waals surface area contributed by atoms with E-state index in [0.29, 0.717) is 36.7 Å². The van der Waals surface area contributed by atoms with Gasteiger partial charge in [0.2, 0.25) is 5.95 Å². The van der Waals surface area contributed by atoms with Gasteiger partial charge in [-0.25, -0.2) is 4.79 Å². The Morgan fingerprint density at radius 3 is 2.57 bits per heavy atom. The summed E-state index contributed by atoms with van der Waals surface area (Å²) in [4.78, 5) is 28.8. The molecule has 0 radical (unpaired) electrons. The lowest BCUT2D eigenvalue weighted by molar-refractivity contribution is 0.677. The zero-order valence-corrected chi connectivity index (χ0v) is 12.7. The predicted molar refractivity (Wildman–Crippen MR) is 82.7 cm³/mol. The van der Waals surface area contributed by atoms with Crippen LogP contribution in [-0.4, -0.2) is 31.8 Å². The maximum absolute atomic E-state index is 12.4. The van der Waals surface area contributed by atoms with Gasteiger partial charge >= 0.3 is 5.69 Å². The molecule has 0 aromatic carbocycles. The second-order valence-electron chi connectivity index (χ2n) is 5.03. The number of imidazole rings is 1. The van der Waals surface area contributed by atoms with Gasteiger partial charge in [0.1, 0.15) is 0 Å². The smallest absolute Gasteiger partial charge is 0.332 e. The van der Waals surface area contributed by atoms with Crippen LogP contribution in [0, 0.1) is 0 Å². The average Bonchev–Trinajstić information content (AvgIpc) is 2.83. The third kappa shape index (κ3) is 2.58. The molecule has 0 saturated carbocycles. The molecular weight excluding hydrogens is 272 g/mol. The molecule has 0 spiro atoms. The minimum atomic E-state index is -0.373. The van der Waals surface area contributed by atoms with Crippen molar-refractivity contribution in [2.24, 2.45) is 19.8 Å². The third-order valence-electron chi connectivity index (χ3n) is 3.46. The van der Waals surface area contributed by atoms with Crippen molar-refractivity contribution in [3.63, 3.8) is 0 Å². The number of rotatable bonds is 6. The molecule has 116 valence electrons. The van der Waals surface area contributed by atoms with Gasteiger partial charge in [-0.15, -0.1) is 0 Å². The maximum Gasteiger partial charge on any atom is 0.332 e. The summed E-state index contributed by atoms with van der Waals surface area (Å²) in [5.74, 6) is 0.610. The fourth-order valence-corrected chi connectivity index (χ4v) is 2.33. The Morgan fingerprint density at radius 1 is 1.24 bits per heavy atom. The summed E-state index contributed by atoms with van der Waals surface area (Å²) in [6, 6.07) is 0. The molecule has 0 amide bonds. The lowest BCUT2D eigenvalue weighted by Gasteiger charge is -2.09. The molecule has 21 heavy (non-hydrogen) atoms. The van der Waals surface area contributed by atoms with E-state index < -0.39 is 0 Å². The Kier molecular flexibility index (Phi) is 4.46. The number of fused-ring (bicyclic) bond motifs is 1. The van der Waals surface area contributed by atoms with Crippen molar-refractivity contribution in [2.45, 2.75) is 26.3 Å². The van der Waals surface area contributed by atoms with E-state index in [4.69, 9.17) is 5.73 Å². The fourth-order valence-electron chi connectivity index (χ4n) is 2.33. The van der Waals surface area contributed by atoms with Crippen molar-refractivity contribution in [1.82, 2.24) is 18.7 Å². The Balaban J connectivity index is 2.68. The van der Waals surface area contributed by atoms with E-state index in [1.54, 1.807) is 7.05 Å². The summed E-state index contributed by atoms with van der Waals surface area (Å²) < 4.78 is 4.35. The maximum atomic E-state index is 12.4. The van der Waals surface area contributed by atoms with Crippen LogP contribution in [0.3, 0.4) is 0 Å². The molecule has 2 aromatic rings. The first kappa shape index (κ1) is 15.3. The molecule has 8 heteroatoms. The van der Waals surface area contributed by atoms with Crippen LogP contribution in [0.1, 0.15) is 19.8 Å².